The normalized spacial score (nSPS) is 10.1. The predicted octanol–water partition coefficient (Wildman–Crippen LogP) is 2.91. The van der Waals surface area contributed by atoms with Gasteiger partial charge in [-0.25, -0.2) is 4.79 Å². The van der Waals surface area contributed by atoms with Crippen LogP contribution in [0.3, 0.4) is 0 Å². The maximum atomic E-state index is 9.02. The highest BCUT2D eigenvalue weighted by molar-refractivity contribution is 5.53. The summed E-state index contributed by atoms with van der Waals surface area (Å²) in [5.41, 5.74) is 1.42. The van der Waals surface area contributed by atoms with Crippen LogP contribution in [-0.2, 0) is 5.41 Å². The molecule has 0 fully saturated rings. The number of carboxylic acid groups (broad SMARTS) is 2. The minimum Gasteiger partial charge on any atom is -0.508 e. The van der Waals surface area contributed by atoms with Gasteiger partial charge in [0, 0.05) is 0 Å². The number of carbonyl (C=O) groups is 1. The van der Waals surface area contributed by atoms with Crippen LogP contribution in [0.15, 0.2) is 24.3 Å². The van der Waals surface area contributed by atoms with Crippen molar-refractivity contribution >= 4 is 6.16 Å². The molecule has 0 saturated heterocycles. The van der Waals surface area contributed by atoms with Crippen molar-refractivity contribution in [2.45, 2.75) is 26.2 Å². The van der Waals surface area contributed by atoms with E-state index in [-0.39, 0.29) is 5.41 Å². The van der Waals surface area contributed by atoms with Crippen LogP contribution in [0.25, 0.3) is 0 Å². The van der Waals surface area contributed by atoms with E-state index in [0.29, 0.717) is 5.75 Å². The Morgan fingerprint density at radius 2 is 1.40 bits per heavy atom. The molecule has 0 aliphatic carbocycles. The summed E-state index contributed by atoms with van der Waals surface area (Å²) in [6.07, 6.45) is -1.83. The molecule has 0 aliphatic heterocycles. The van der Waals surface area contributed by atoms with Crippen molar-refractivity contribution in [3.63, 3.8) is 0 Å². The van der Waals surface area contributed by atoms with Crippen LogP contribution in [-0.4, -0.2) is 21.5 Å². The van der Waals surface area contributed by atoms with E-state index in [1.54, 1.807) is 12.1 Å². The Morgan fingerprint density at radius 1 is 1.07 bits per heavy atom. The highest BCUT2D eigenvalue weighted by Crippen LogP contribution is 2.23. The fraction of sp³-hybridized carbons (Fsp3) is 0.364. The molecule has 0 spiro atoms. The Hall–Kier alpha value is -1.71. The Bertz CT molecular complexity index is 304. The molecule has 0 bridgehead atoms. The smallest absolute Gasteiger partial charge is 0.503 e. The molecule has 0 unspecified atom stereocenters. The Morgan fingerprint density at radius 3 is 1.67 bits per heavy atom. The second kappa shape index (κ2) is 5.24. The molecular weight excluding hydrogens is 196 g/mol. The largest absolute Gasteiger partial charge is 0.508 e. The summed E-state index contributed by atoms with van der Waals surface area (Å²) in [4.78, 5) is 8.56. The molecule has 15 heavy (non-hydrogen) atoms. The van der Waals surface area contributed by atoms with Crippen molar-refractivity contribution in [3.05, 3.63) is 29.8 Å². The van der Waals surface area contributed by atoms with E-state index in [1.165, 1.54) is 5.56 Å². The van der Waals surface area contributed by atoms with Crippen molar-refractivity contribution in [1.29, 1.82) is 0 Å². The van der Waals surface area contributed by atoms with Gasteiger partial charge in [-0.1, -0.05) is 32.9 Å². The number of benzene rings is 1. The average molecular weight is 212 g/mol. The van der Waals surface area contributed by atoms with Crippen molar-refractivity contribution in [1.82, 2.24) is 0 Å². The standard InChI is InChI=1S/C10H14O.CH2O3/c1-10(2,3)8-4-6-9(11)7-5-8;2-1(3)4/h4-7,11H,1-3H3;(H2,2,3,4). The fourth-order valence-corrected chi connectivity index (χ4v) is 0.961. The third-order valence-electron chi connectivity index (χ3n) is 1.73. The zero-order valence-corrected chi connectivity index (χ0v) is 9.06. The number of hydrogen-bond acceptors (Lipinski definition) is 2. The van der Waals surface area contributed by atoms with Crippen molar-refractivity contribution in [2.75, 3.05) is 0 Å². The first kappa shape index (κ1) is 13.3. The first-order valence-electron chi connectivity index (χ1n) is 4.45. The van der Waals surface area contributed by atoms with Gasteiger partial charge in [0.15, 0.2) is 0 Å². The van der Waals surface area contributed by atoms with E-state index in [4.69, 9.17) is 20.1 Å². The van der Waals surface area contributed by atoms with Gasteiger partial charge in [0.1, 0.15) is 5.75 Å². The predicted molar refractivity (Wildman–Crippen MR) is 57.5 cm³/mol. The van der Waals surface area contributed by atoms with Crippen LogP contribution in [0.2, 0.25) is 0 Å². The minimum absolute atomic E-state index is 0.174. The maximum Gasteiger partial charge on any atom is 0.503 e. The van der Waals surface area contributed by atoms with Crippen molar-refractivity contribution in [3.8, 4) is 5.75 Å². The quantitative estimate of drug-likeness (QED) is 0.617. The van der Waals surface area contributed by atoms with E-state index in [2.05, 4.69) is 20.8 Å². The fourth-order valence-electron chi connectivity index (χ4n) is 0.961. The van der Waals surface area contributed by atoms with Gasteiger partial charge in [-0.3, -0.25) is 0 Å². The molecule has 1 aromatic rings. The van der Waals surface area contributed by atoms with E-state index in [0.717, 1.165) is 0 Å². The lowest BCUT2D eigenvalue weighted by Gasteiger charge is -2.18. The molecule has 0 heterocycles. The van der Waals surface area contributed by atoms with E-state index in [1.807, 2.05) is 12.1 Å². The Balaban J connectivity index is 0.000000423. The van der Waals surface area contributed by atoms with Gasteiger partial charge in [0.2, 0.25) is 0 Å². The zero-order chi connectivity index (χ0) is 12.1. The summed E-state index contributed by atoms with van der Waals surface area (Å²) >= 11 is 0. The topological polar surface area (TPSA) is 77.8 Å². The first-order valence-corrected chi connectivity index (χ1v) is 4.45. The van der Waals surface area contributed by atoms with Crippen LogP contribution in [0.5, 0.6) is 5.75 Å². The Labute approximate surface area is 88.8 Å². The number of hydrogen-bond donors (Lipinski definition) is 3. The van der Waals surface area contributed by atoms with Crippen LogP contribution >= 0.6 is 0 Å². The molecule has 3 N–H and O–H groups in total. The summed E-state index contributed by atoms with van der Waals surface area (Å²) < 4.78 is 0. The second-order valence-electron chi connectivity index (χ2n) is 4.08. The lowest BCUT2D eigenvalue weighted by atomic mass is 9.87. The van der Waals surface area contributed by atoms with Gasteiger partial charge in [-0.2, -0.15) is 0 Å². The SMILES string of the molecule is CC(C)(C)c1ccc(O)cc1.O=C(O)O. The van der Waals surface area contributed by atoms with Gasteiger partial charge < -0.3 is 15.3 Å². The zero-order valence-electron chi connectivity index (χ0n) is 9.06. The molecule has 1 rings (SSSR count). The second-order valence-corrected chi connectivity index (χ2v) is 4.08. The lowest BCUT2D eigenvalue weighted by Crippen LogP contribution is -2.10. The molecule has 4 nitrogen and oxygen atoms in total. The van der Waals surface area contributed by atoms with Gasteiger partial charge >= 0.3 is 6.16 Å². The summed E-state index contributed by atoms with van der Waals surface area (Å²) in [5, 5.41) is 23.0. The van der Waals surface area contributed by atoms with Gasteiger partial charge in [0.25, 0.3) is 0 Å². The average Bonchev–Trinajstić information content (AvgIpc) is 2.01. The van der Waals surface area contributed by atoms with Crippen LogP contribution in [0.4, 0.5) is 4.79 Å². The molecule has 0 atom stereocenters. The lowest BCUT2D eigenvalue weighted by molar-refractivity contribution is 0.137. The molecule has 84 valence electrons. The van der Waals surface area contributed by atoms with Gasteiger partial charge in [0.05, 0.1) is 0 Å². The number of aromatic hydroxyl groups is 1. The molecule has 0 amide bonds. The van der Waals surface area contributed by atoms with E-state index in [9.17, 15) is 0 Å². The summed E-state index contributed by atoms with van der Waals surface area (Å²) in [6, 6.07) is 7.35. The molecule has 4 heteroatoms. The maximum absolute atomic E-state index is 9.02. The van der Waals surface area contributed by atoms with Crippen LogP contribution in [0, 0.1) is 0 Å². The summed E-state index contributed by atoms with van der Waals surface area (Å²) in [6.45, 7) is 6.46. The third-order valence-corrected chi connectivity index (χ3v) is 1.73. The molecule has 1 aromatic carbocycles. The summed E-state index contributed by atoms with van der Waals surface area (Å²) in [5.74, 6) is 0.331. The monoisotopic (exact) mass is 212 g/mol. The number of rotatable bonds is 0. The first-order chi connectivity index (χ1) is 6.73. The van der Waals surface area contributed by atoms with Gasteiger partial charge in [-0.05, 0) is 23.1 Å². The van der Waals surface area contributed by atoms with Crippen molar-refractivity contribution < 1.29 is 20.1 Å². The minimum atomic E-state index is -1.83. The van der Waals surface area contributed by atoms with Crippen LogP contribution < -0.4 is 0 Å². The molecular formula is C11H16O4. The van der Waals surface area contributed by atoms with Crippen LogP contribution in [0.1, 0.15) is 26.3 Å². The van der Waals surface area contributed by atoms with E-state index < -0.39 is 6.16 Å². The third kappa shape index (κ3) is 6.37. The van der Waals surface area contributed by atoms with Gasteiger partial charge in [-0.15, -0.1) is 0 Å². The molecule has 0 radical (unpaired) electrons. The number of phenolic OH excluding ortho intramolecular Hbond substituents is 1. The van der Waals surface area contributed by atoms with Crippen molar-refractivity contribution in [2.24, 2.45) is 0 Å². The number of phenols is 1. The Kier molecular flexibility index (Phi) is 4.64. The molecule has 0 aliphatic rings. The molecule has 0 saturated carbocycles. The van der Waals surface area contributed by atoms with E-state index >= 15 is 0 Å². The summed E-state index contributed by atoms with van der Waals surface area (Å²) in [7, 11) is 0. The molecule has 0 aromatic heterocycles. The highest BCUT2D eigenvalue weighted by atomic mass is 16.6. The highest BCUT2D eigenvalue weighted by Gasteiger charge is 2.12.